The van der Waals surface area contributed by atoms with Gasteiger partial charge in [0, 0.05) is 23.7 Å². The second-order valence-corrected chi connectivity index (χ2v) is 5.05. The van der Waals surface area contributed by atoms with E-state index in [9.17, 15) is 9.59 Å². The summed E-state index contributed by atoms with van der Waals surface area (Å²) in [6, 6.07) is 6.75. The smallest absolute Gasteiger partial charge is 0.248 e. The molecule has 2 atom stereocenters. The number of benzene rings is 1. The zero-order chi connectivity index (χ0) is 13.8. The number of carbonyl (C=O) groups excluding carboxylic acids is 2. The van der Waals surface area contributed by atoms with Gasteiger partial charge in [0.15, 0.2) is 0 Å². The normalized spacial score (nSPS) is 21.1. The van der Waals surface area contributed by atoms with Crippen LogP contribution in [0.3, 0.4) is 0 Å². The van der Waals surface area contributed by atoms with Crippen molar-refractivity contribution in [2.75, 3.05) is 5.32 Å². The molecule has 1 aromatic carbocycles. The van der Waals surface area contributed by atoms with Crippen molar-refractivity contribution in [3.05, 3.63) is 29.8 Å². The first-order valence-corrected chi connectivity index (χ1v) is 6.51. The van der Waals surface area contributed by atoms with Crippen LogP contribution in [0.2, 0.25) is 0 Å². The van der Waals surface area contributed by atoms with Gasteiger partial charge in [0.2, 0.25) is 11.8 Å². The topological polar surface area (TPSA) is 98.2 Å². The Morgan fingerprint density at radius 2 is 2.05 bits per heavy atom. The fraction of sp³-hybridized carbons (Fsp3) is 0.429. The lowest BCUT2D eigenvalue weighted by Gasteiger charge is -2.14. The molecule has 0 unspecified atom stereocenters. The Labute approximate surface area is 124 Å². The molecule has 5 N–H and O–H groups in total. The van der Waals surface area contributed by atoms with Gasteiger partial charge in [-0.15, -0.1) is 12.4 Å². The van der Waals surface area contributed by atoms with Gasteiger partial charge in [-0.05, 0) is 37.0 Å². The Balaban J connectivity index is 0.00000200. The number of rotatable bonds is 4. The van der Waals surface area contributed by atoms with Gasteiger partial charge >= 0.3 is 0 Å². The molecule has 6 heteroatoms. The summed E-state index contributed by atoms with van der Waals surface area (Å²) < 4.78 is 0. The molecule has 2 rings (SSSR count). The second-order valence-electron chi connectivity index (χ2n) is 5.05. The number of carbonyl (C=O) groups is 2. The quantitative estimate of drug-likeness (QED) is 0.788. The van der Waals surface area contributed by atoms with Crippen LogP contribution in [-0.4, -0.2) is 17.9 Å². The zero-order valence-electron chi connectivity index (χ0n) is 11.2. The molecule has 1 fully saturated rings. The molecule has 0 bridgehead atoms. The highest BCUT2D eigenvalue weighted by Crippen LogP contribution is 2.27. The Kier molecular flexibility index (Phi) is 5.98. The van der Waals surface area contributed by atoms with E-state index in [0.29, 0.717) is 17.7 Å². The van der Waals surface area contributed by atoms with Crippen LogP contribution in [0.25, 0.3) is 0 Å². The highest BCUT2D eigenvalue weighted by atomic mass is 35.5. The van der Waals surface area contributed by atoms with Crippen molar-refractivity contribution >= 4 is 29.9 Å². The predicted molar refractivity (Wildman–Crippen MR) is 80.8 cm³/mol. The predicted octanol–water partition coefficient (Wildman–Crippen LogP) is 1.66. The van der Waals surface area contributed by atoms with Crippen molar-refractivity contribution in [1.29, 1.82) is 0 Å². The van der Waals surface area contributed by atoms with Crippen molar-refractivity contribution < 1.29 is 9.59 Å². The van der Waals surface area contributed by atoms with Gasteiger partial charge in [0.1, 0.15) is 0 Å². The minimum absolute atomic E-state index is 0. The zero-order valence-corrected chi connectivity index (χ0v) is 12.0. The molecule has 0 heterocycles. The molecule has 5 nitrogen and oxygen atoms in total. The Hall–Kier alpha value is -1.59. The number of primary amides is 1. The second kappa shape index (κ2) is 7.26. The van der Waals surface area contributed by atoms with Crippen LogP contribution >= 0.6 is 12.4 Å². The van der Waals surface area contributed by atoms with Gasteiger partial charge in [0.05, 0.1) is 0 Å². The van der Waals surface area contributed by atoms with Crippen LogP contribution < -0.4 is 16.8 Å². The molecule has 0 aromatic heterocycles. The molecule has 110 valence electrons. The van der Waals surface area contributed by atoms with Gasteiger partial charge in [-0.1, -0.05) is 12.5 Å². The number of hydrogen-bond donors (Lipinski definition) is 3. The highest BCUT2D eigenvalue weighted by Gasteiger charge is 2.25. The number of halogens is 1. The molecule has 0 radical (unpaired) electrons. The summed E-state index contributed by atoms with van der Waals surface area (Å²) in [7, 11) is 0. The number of nitrogens with two attached hydrogens (primary N) is 2. The minimum Gasteiger partial charge on any atom is -0.366 e. The minimum atomic E-state index is -0.506. The van der Waals surface area contributed by atoms with Crippen molar-refractivity contribution in [2.24, 2.45) is 17.4 Å². The van der Waals surface area contributed by atoms with E-state index in [4.69, 9.17) is 11.5 Å². The average Bonchev–Trinajstić information content (AvgIpc) is 2.75. The van der Waals surface area contributed by atoms with Crippen LogP contribution in [0.5, 0.6) is 0 Å². The first kappa shape index (κ1) is 16.5. The molecule has 0 saturated heterocycles. The summed E-state index contributed by atoms with van der Waals surface area (Å²) in [6.45, 7) is 0. The molecular formula is C14H20ClN3O2. The number of nitrogens with one attached hydrogen (secondary N) is 1. The van der Waals surface area contributed by atoms with Crippen molar-refractivity contribution in [3.63, 3.8) is 0 Å². The van der Waals surface area contributed by atoms with E-state index in [-0.39, 0.29) is 30.3 Å². The van der Waals surface area contributed by atoms with E-state index in [1.165, 1.54) is 0 Å². The van der Waals surface area contributed by atoms with E-state index in [1.807, 2.05) is 0 Å². The maximum Gasteiger partial charge on any atom is 0.248 e. The monoisotopic (exact) mass is 297 g/mol. The molecule has 1 aliphatic rings. The van der Waals surface area contributed by atoms with E-state index in [2.05, 4.69) is 5.32 Å². The van der Waals surface area contributed by atoms with Gasteiger partial charge in [0.25, 0.3) is 0 Å². The highest BCUT2D eigenvalue weighted by molar-refractivity contribution is 5.96. The third kappa shape index (κ3) is 4.21. The summed E-state index contributed by atoms with van der Waals surface area (Å²) in [4.78, 5) is 23.0. The Bertz CT molecular complexity index is 493. The molecule has 2 amide bonds. The molecule has 1 saturated carbocycles. The van der Waals surface area contributed by atoms with Crippen molar-refractivity contribution in [1.82, 2.24) is 0 Å². The lowest BCUT2D eigenvalue weighted by molar-refractivity contribution is -0.117. The third-order valence-corrected chi connectivity index (χ3v) is 3.60. The summed E-state index contributed by atoms with van der Waals surface area (Å²) in [6.07, 6.45) is 3.53. The molecule has 20 heavy (non-hydrogen) atoms. The maximum absolute atomic E-state index is 11.9. The number of hydrogen-bond acceptors (Lipinski definition) is 3. The van der Waals surface area contributed by atoms with Crippen molar-refractivity contribution in [2.45, 2.75) is 31.7 Å². The van der Waals surface area contributed by atoms with Crippen LogP contribution in [0.4, 0.5) is 5.69 Å². The first-order valence-electron chi connectivity index (χ1n) is 6.51. The van der Waals surface area contributed by atoms with Gasteiger partial charge in [-0.25, -0.2) is 0 Å². The van der Waals surface area contributed by atoms with Crippen LogP contribution in [0.1, 0.15) is 36.0 Å². The van der Waals surface area contributed by atoms with E-state index >= 15 is 0 Å². The van der Waals surface area contributed by atoms with E-state index in [0.717, 1.165) is 19.3 Å². The average molecular weight is 298 g/mol. The maximum atomic E-state index is 11.9. The molecule has 0 spiro atoms. The SMILES string of the molecule is Cl.NC(=O)c1cccc(NC(=O)C[C@@H]2CCC[C@H]2N)c1. The number of anilines is 1. The number of amides is 2. The van der Waals surface area contributed by atoms with Gasteiger partial charge in [-0.3, -0.25) is 9.59 Å². The summed E-state index contributed by atoms with van der Waals surface area (Å²) in [5.74, 6) is -0.308. The van der Waals surface area contributed by atoms with E-state index in [1.54, 1.807) is 24.3 Å². The standard InChI is InChI=1S/C14H19N3O2.ClH/c15-12-6-2-3-9(12)8-13(18)17-11-5-1-4-10(7-11)14(16)19;/h1,4-5,7,9,12H,2-3,6,8,15H2,(H2,16,19)(H,17,18);1H/t9-,12+;/m0./s1. The third-order valence-electron chi connectivity index (χ3n) is 3.60. The fourth-order valence-electron chi connectivity index (χ4n) is 2.52. The van der Waals surface area contributed by atoms with Gasteiger partial charge in [-0.2, -0.15) is 0 Å². The first-order chi connectivity index (χ1) is 9.06. The molecule has 1 aromatic rings. The van der Waals surface area contributed by atoms with Crippen molar-refractivity contribution in [3.8, 4) is 0 Å². The summed E-state index contributed by atoms with van der Waals surface area (Å²) in [5.41, 5.74) is 12.1. The van der Waals surface area contributed by atoms with Crippen LogP contribution in [0, 0.1) is 5.92 Å². The van der Waals surface area contributed by atoms with Crippen LogP contribution in [0.15, 0.2) is 24.3 Å². The van der Waals surface area contributed by atoms with Gasteiger partial charge < -0.3 is 16.8 Å². The largest absolute Gasteiger partial charge is 0.366 e. The Morgan fingerprint density at radius 3 is 2.65 bits per heavy atom. The lowest BCUT2D eigenvalue weighted by atomic mass is 10.00. The Morgan fingerprint density at radius 1 is 1.30 bits per heavy atom. The molecular weight excluding hydrogens is 278 g/mol. The van der Waals surface area contributed by atoms with E-state index < -0.39 is 5.91 Å². The lowest BCUT2D eigenvalue weighted by Crippen LogP contribution is -2.28. The molecule has 0 aliphatic heterocycles. The summed E-state index contributed by atoms with van der Waals surface area (Å²) >= 11 is 0. The summed E-state index contributed by atoms with van der Waals surface area (Å²) in [5, 5.41) is 2.78. The van der Waals surface area contributed by atoms with Crippen LogP contribution in [-0.2, 0) is 4.79 Å². The fourth-order valence-corrected chi connectivity index (χ4v) is 2.52. The molecule has 1 aliphatic carbocycles.